The summed E-state index contributed by atoms with van der Waals surface area (Å²) in [5.74, 6) is 0.221. The molecule has 112 valence electrons. The van der Waals surface area contributed by atoms with Crippen molar-refractivity contribution in [3.63, 3.8) is 0 Å². The van der Waals surface area contributed by atoms with Gasteiger partial charge in [0, 0.05) is 29.0 Å². The van der Waals surface area contributed by atoms with Gasteiger partial charge in [-0.05, 0) is 24.3 Å². The van der Waals surface area contributed by atoms with Crippen LogP contribution in [0.15, 0.2) is 41.4 Å². The second kappa shape index (κ2) is 6.83. The summed E-state index contributed by atoms with van der Waals surface area (Å²) < 4.78 is 28.0. The van der Waals surface area contributed by atoms with Gasteiger partial charge in [0.05, 0.1) is 21.5 Å². The molecule has 1 aromatic heterocycles. The lowest BCUT2D eigenvalue weighted by Crippen LogP contribution is -2.04. The fraction of sp³-hybridized carbons (Fsp3) is 0.154. The number of hydrogen-bond acceptors (Lipinski definition) is 4. The average molecular weight is 367 g/mol. The van der Waals surface area contributed by atoms with Crippen molar-refractivity contribution in [3.8, 4) is 5.75 Å². The van der Waals surface area contributed by atoms with Gasteiger partial charge in [-0.1, -0.05) is 29.3 Å². The van der Waals surface area contributed by atoms with Gasteiger partial charge < -0.3 is 4.74 Å². The third-order valence-electron chi connectivity index (χ3n) is 2.58. The van der Waals surface area contributed by atoms with Crippen LogP contribution in [0.4, 0.5) is 0 Å². The molecule has 0 amide bonds. The molecule has 21 heavy (non-hydrogen) atoms. The Morgan fingerprint density at radius 1 is 1.14 bits per heavy atom. The molecule has 0 N–H and O–H groups in total. The number of aromatic nitrogens is 1. The Balaban J connectivity index is 2.11. The zero-order valence-electron chi connectivity index (χ0n) is 10.6. The Morgan fingerprint density at radius 2 is 1.81 bits per heavy atom. The van der Waals surface area contributed by atoms with Crippen LogP contribution in [0.2, 0.25) is 10.0 Å². The Morgan fingerprint density at radius 3 is 2.33 bits per heavy atom. The summed E-state index contributed by atoms with van der Waals surface area (Å²) in [5, 5.41) is 0.172. The van der Waals surface area contributed by atoms with E-state index in [1.807, 2.05) is 18.2 Å². The van der Waals surface area contributed by atoms with E-state index in [9.17, 15) is 8.42 Å². The van der Waals surface area contributed by atoms with Crippen molar-refractivity contribution in [2.75, 3.05) is 6.61 Å². The van der Waals surface area contributed by atoms with Gasteiger partial charge in [-0.15, -0.1) is 0 Å². The summed E-state index contributed by atoms with van der Waals surface area (Å²) in [6, 6.07) is 7.97. The average Bonchev–Trinajstić information content (AvgIpc) is 2.42. The molecule has 0 saturated heterocycles. The van der Waals surface area contributed by atoms with E-state index in [1.165, 1.54) is 12.1 Å². The normalized spacial score (nSPS) is 11.4. The number of rotatable bonds is 5. The maximum absolute atomic E-state index is 11.2. The molecule has 2 aromatic rings. The highest BCUT2D eigenvalue weighted by Crippen LogP contribution is 2.36. The Hall–Kier alpha value is -1.01. The number of halogens is 3. The van der Waals surface area contributed by atoms with Gasteiger partial charge in [-0.25, -0.2) is 8.42 Å². The smallest absolute Gasteiger partial charge is 0.261 e. The summed E-state index contributed by atoms with van der Waals surface area (Å²) in [6.45, 7) is 0.309. The predicted octanol–water partition coefficient (Wildman–Crippen LogP) is 3.94. The molecule has 0 aliphatic rings. The van der Waals surface area contributed by atoms with Crippen molar-refractivity contribution in [1.82, 2.24) is 4.98 Å². The SMILES string of the molecule is O=S(=O)(Cl)c1cc(Cl)c(OCCc2ccccn2)c(Cl)c1. The third kappa shape index (κ3) is 4.48. The van der Waals surface area contributed by atoms with Gasteiger partial charge in [0.25, 0.3) is 9.05 Å². The maximum atomic E-state index is 11.2. The van der Waals surface area contributed by atoms with Crippen LogP contribution in [0.3, 0.4) is 0 Å². The topological polar surface area (TPSA) is 56.3 Å². The molecule has 1 aromatic carbocycles. The van der Waals surface area contributed by atoms with E-state index < -0.39 is 9.05 Å². The van der Waals surface area contributed by atoms with E-state index in [2.05, 4.69) is 4.98 Å². The minimum atomic E-state index is -3.89. The van der Waals surface area contributed by atoms with Crippen LogP contribution < -0.4 is 4.74 Å². The van der Waals surface area contributed by atoms with Gasteiger partial charge >= 0.3 is 0 Å². The minimum absolute atomic E-state index is 0.0859. The van der Waals surface area contributed by atoms with Gasteiger partial charge in [0.15, 0.2) is 5.75 Å². The molecule has 0 fully saturated rings. The first-order valence-corrected chi connectivity index (χ1v) is 8.91. The Labute approximate surface area is 137 Å². The maximum Gasteiger partial charge on any atom is 0.261 e. The highest BCUT2D eigenvalue weighted by atomic mass is 35.7. The molecule has 1 heterocycles. The predicted molar refractivity (Wildman–Crippen MR) is 82.9 cm³/mol. The lowest BCUT2D eigenvalue weighted by molar-refractivity contribution is 0.320. The van der Waals surface area contributed by atoms with Gasteiger partial charge in [0.1, 0.15) is 0 Å². The monoisotopic (exact) mass is 365 g/mol. The second-order valence-corrected chi connectivity index (χ2v) is 7.45. The summed E-state index contributed by atoms with van der Waals surface area (Å²) in [5.41, 5.74) is 0.865. The van der Waals surface area contributed by atoms with Crippen molar-refractivity contribution < 1.29 is 13.2 Å². The largest absolute Gasteiger partial charge is 0.490 e. The Bertz CT molecular complexity index is 713. The van der Waals surface area contributed by atoms with E-state index in [1.54, 1.807) is 6.20 Å². The molecule has 0 saturated carbocycles. The van der Waals surface area contributed by atoms with E-state index >= 15 is 0 Å². The van der Waals surface area contributed by atoms with Crippen LogP contribution in [0.25, 0.3) is 0 Å². The summed E-state index contributed by atoms with van der Waals surface area (Å²) >= 11 is 11.9. The van der Waals surface area contributed by atoms with Crippen molar-refractivity contribution >= 4 is 42.9 Å². The highest BCUT2D eigenvalue weighted by Gasteiger charge is 2.17. The van der Waals surface area contributed by atoms with Crippen molar-refractivity contribution in [2.45, 2.75) is 11.3 Å². The molecule has 0 radical (unpaired) electrons. The molecule has 0 aliphatic carbocycles. The first-order valence-electron chi connectivity index (χ1n) is 5.84. The molecule has 2 rings (SSSR count). The number of benzene rings is 1. The van der Waals surface area contributed by atoms with E-state index in [4.69, 9.17) is 38.6 Å². The molecule has 0 aliphatic heterocycles. The van der Waals surface area contributed by atoms with Crippen LogP contribution in [0.5, 0.6) is 5.75 Å². The number of ether oxygens (including phenoxy) is 1. The number of pyridine rings is 1. The molecule has 0 spiro atoms. The molecule has 0 bridgehead atoms. The zero-order chi connectivity index (χ0) is 15.5. The standard InChI is InChI=1S/C13H10Cl3NO3S/c14-11-7-10(21(16,18)19)8-12(15)13(11)20-6-4-9-3-1-2-5-17-9/h1-3,5,7-8H,4,6H2. The third-order valence-corrected chi connectivity index (χ3v) is 4.48. The molecule has 0 atom stereocenters. The fourth-order valence-corrected chi connectivity index (χ4v) is 3.13. The van der Waals surface area contributed by atoms with Crippen molar-refractivity contribution in [1.29, 1.82) is 0 Å². The van der Waals surface area contributed by atoms with Crippen molar-refractivity contribution in [3.05, 3.63) is 52.3 Å². The lowest BCUT2D eigenvalue weighted by atomic mass is 10.3. The van der Waals surface area contributed by atoms with E-state index in [0.717, 1.165) is 5.69 Å². The molecule has 4 nitrogen and oxygen atoms in total. The van der Waals surface area contributed by atoms with Gasteiger partial charge in [-0.2, -0.15) is 0 Å². The molecular weight excluding hydrogens is 357 g/mol. The molecular formula is C13H10Cl3NO3S. The lowest BCUT2D eigenvalue weighted by Gasteiger charge is -2.10. The van der Waals surface area contributed by atoms with Crippen LogP contribution in [0, 0.1) is 0 Å². The van der Waals surface area contributed by atoms with Gasteiger partial charge in [0.2, 0.25) is 0 Å². The first kappa shape index (κ1) is 16.4. The summed E-state index contributed by atoms with van der Waals surface area (Å²) in [4.78, 5) is 3.99. The Kier molecular flexibility index (Phi) is 5.32. The highest BCUT2D eigenvalue weighted by molar-refractivity contribution is 8.13. The van der Waals surface area contributed by atoms with Crippen LogP contribution in [0.1, 0.15) is 5.69 Å². The van der Waals surface area contributed by atoms with Crippen LogP contribution >= 0.6 is 33.9 Å². The van der Waals surface area contributed by atoms with E-state index in [-0.39, 0.29) is 20.7 Å². The number of nitrogens with zero attached hydrogens (tertiary/aromatic N) is 1. The molecule has 8 heteroatoms. The quantitative estimate of drug-likeness (QED) is 0.752. The van der Waals surface area contributed by atoms with Crippen molar-refractivity contribution in [2.24, 2.45) is 0 Å². The van der Waals surface area contributed by atoms with E-state index in [0.29, 0.717) is 13.0 Å². The van der Waals surface area contributed by atoms with Crippen LogP contribution in [-0.2, 0) is 15.5 Å². The van der Waals surface area contributed by atoms with Crippen LogP contribution in [-0.4, -0.2) is 20.0 Å². The fourth-order valence-electron chi connectivity index (χ4n) is 1.62. The number of hydrogen-bond donors (Lipinski definition) is 0. The van der Waals surface area contributed by atoms with Gasteiger partial charge in [-0.3, -0.25) is 4.98 Å². The molecule has 0 unspecified atom stereocenters. The zero-order valence-corrected chi connectivity index (χ0v) is 13.7. The summed E-state index contributed by atoms with van der Waals surface area (Å²) in [6.07, 6.45) is 2.26. The minimum Gasteiger partial charge on any atom is -0.490 e. The first-order chi connectivity index (χ1) is 9.88. The summed E-state index contributed by atoms with van der Waals surface area (Å²) in [7, 11) is 1.35. The second-order valence-electron chi connectivity index (χ2n) is 4.07.